The third-order valence-electron chi connectivity index (χ3n) is 5.60. The SMILES string of the molecule is O=C(CSc1n[nH]c(C2CCCC2)n1)Nc1cc(-c2ccccc2)nn1-c1ccccc1. The molecule has 0 spiro atoms. The number of carbonyl (C=O) groups excluding carboxylic acids is 1. The predicted octanol–water partition coefficient (Wildman–Crippen LogP) is 5.05. The van der Waals surface area contributed by atoms with Gasteiger partial charge >= 0.3 is 0 Å². The van der Waals surface area contributed by atoms with E-state index in [-0.39, 0.29) is 11.7 Å². The fraction of sp³-hybridized carbons (Fsp3) is 0.250. The second kappa shape index (κ2) is 9.40. The molecule has 2 heterocycles. The Morgan fingerprint density at radius 2 is 1.78 bits per heavy atom. The number of carbonyl (C=O) groups is 1. The summed E-state index contributed by atoms with van der Waals surface area (Å²) in [4.78, 5) is 17.3. The molecule has 0 atom stereocenters. The van der Waals surface area contributed by atoms with Crippen molar-refractivity contribution >= 4 is 23.5 Å². The summed E-state index contributed by atoms with van der Waals surface area (Å²) in [5.41, 5.74) is 2.67. The first-order valence-corrected chi connectivity index (χ1v) is 11.8. The van der Waals surface area contributed by atoms with Crippen molar-refractivity contribution in [2.75, 3.05) is 11.1 Å². The van der Waals surface area contributed by atoms with Crippen molar-refractivity contribution in [1.29, 1.82) is 0 Å². The molecule has 7 nitrogen and oxygen atoms in total. The van der Waals surface area contributed by atoms with Gasteiger partial charge in [-0.2, -0.15) is 5.10 Å². The van der Waals surface area contributed by atoms with E-state index < -0.39 is 0 Å². The van der Waals surface area contributed by atoms with Gasteiger partial charge in [-0.1, -0.05) is 73.1 Å². The Hall–Kier alpha value is -3.39. The Bertz CT molecular complexity index is 1180. The first kappa shape index (κ1) is 20.5. The highest BCUT2D eigenvalue weighted by Crippen LogP contribution is 2.32. The minimum atomic E-state index is -0.126. The highest BCUT2D eigenvalue weighted by molar-refractivity contribution is 7.99. The second-order valence-corrected chi connectivity index (χ2v) is 8.79. The van der Waals surface area contributed by atoms with Crippen LogP contribution in [-0.2, 0) is 4.79 Å². The number of benzene rings is 2. The van der Waals surface area contributed by atoms with Gasteiger partial charge in [0.1, 0.15) is 11.6 Å². The molecular formula is C24H24N6OS. The topological polar surface area (TPSA) is 88.5 Å². The fourth-order valence-electron chi connectivity index (χ4n) is 4.00. The second-order valence-electron chi connectivity index (χ2n) is 7.85. The smallest absolute Gasteiger partial charge is 0.236 e. The maximum atomic E-state index is 12.7. The highest BCUT2D eigenvalue weighted by atomic mass is 32.2. The molecule has 2 aromatic heterocycles. The van der Waals surface area contributed by atoms with Gasteiger partial charge < -0.3 is 5.32 Å². The molecule has 1 fully saturated rings. The van der Waals surface area contributed by atoms with Crippen molar-refractivity contribution < 1.29 is 4.79 Å². The normalized spacial score (nSPS) is 14.0. The van der Waals surface area contributed by atoms with Gasteiger partial charge in [-0.05, 0) is 25.0 Å². The first-order chi connectivity index (χ1) is 15.8. The van der Waals surface area contributed by atoms with Crippen molar-refractivity contribution in [3.05, 3.63) is 72.6 Å². The molecule has 4 aromatic rings. The van der Waals surface area contributed by atoms with E-state index >= 15 is 0 Å². The molecule has 5 rings (SSSR count). The predicted molar refractivity (Wildman–Crippen MR) is 126 cm³/mol. The van der Waals surface area contributed by atoms with E-state index in [9.17, 15) is 4.79 Å². The van der Waals surface area contributed by atoms with Crippen LogP contribution in [0.15, 0.2) is 71.9 Å². The number of aromatic amines is 1. The first-order valence-electron chi connectivity index (χ1n) is 10.8. The summed E-state index contributed by atoms with van der Waals surface area (Å²) < 4.78 is 1.76. The molecule has 8 heteroatoms. The molecule has 2 aromatic carbocycles. The molecule has 162 valence electrons. The number of hydrogen-bond donors (Lipinski definition) is 2. The van der Waals surface area contributed by atoms with Crippen LogP contribution in [0, 0.1) is 0 Å². The van der Waals surface area contributed by atoms with E-state index in [1.54, 1.807) is 4.68 Å². The molecule has 1 aliphatic rings. The summed E-state index contributed by atoms with van der Waals surface area (Å²) in [6, 6.07) is 21.6. The molecule has 32 heavy (non-hydrogen) atoms. The molecule has 1 saturated carbocycles. The van der Waals surface area contributed by atoms with Crippen LogP contribution in [0.3, 0.4) is 0 Å². The lowest BCUT2D eigenvalue weighted by Crippen LogP contribution is -2.17. The molecule has 1 amide bonds. The lowest BCUT2D eigenvalue weighted by atomic mass is 10.1. The third-order valence-corrected chi connectivity index (χ3v) is 6.45. The number of nitrogens with zero attached hydrogens (tertiary/aromatic N) is 4. The molecule has 0 radical (unpaired) electrons. The summed E-state index contributed by atoms with van der Waals surface area (Å²) in [5, 5.41) is 15.7. The maximum Gasteiger partial charge on any atom is 0.236 e. The van der Waals surface area contributed by atoms with Crippen LogP contribution in [0.1, 0.15) is 37.4 Å². The summed E-state index contributed by atoms with van der Waals surface area (Å²) >= 11 is 1.34. The van der Waals surface area contributed by atoms with Crippen LogP contribution < -0.4 is 5.32 Å². The Labute approximate surface area is 190 Å². The number of aromatic nitrogens is 5. The van der Waals surface area contributed by atoms with Crippen molar-refractivity contribution in [2.24, 2.45) is 0 Å². The summed E-state index contributed by atoms with van der Waals surface area (Å²) in [6.07, 6.45) is 4.81. The average Bonchev–Trinajstić information content (AvgIpc) is 3.59. The van der Waals surface area contributed by atoms with Crippen molar-refractivity contribution in [3.63, 3.8) is 0 Å². The number of thioether (sulfide) groups is 1. The van der Waals surface area contributed by atoms with Gasteiger partial charge in [0.2, 0.25) is 11.1 Å². The molecule has 0 unspecified atom stereocenters. The Kier molecular flexibility index (Phi) is 6.02. The number of rotatable bonds is 7. The zero-order valence-electron chi connectivity index (χ0n) is 17.6. The number of amides is 1. The lowest BCUT2D eigenvalue weighted by molar-refractivity contribution is -0.113. The molecule has 0 bridgehead atoms. The van der Waals surface area contributed by atoms with E-state index in [0.717, 1.165) is 35.6 Å². The Morgan fingerprint density at radius 3 is 2.53 bits per heavy atom. The zero-order chi connectivity index (χ0) is 21.8. The summed E-state index contributed by atoms with van der Waals surface area (Å²) in [6.45, 7) is 0. The standard InChI is InChI=1S/C24H24N6OS/c31-22(16-32-24-26-23(27-28-24)18-11-7-8-12-18)25-21-15-20(17-9-3-1-4-10-17)29-30(21)19-13-5-2-6-14-19/h1-6,9-10,13-15,18H,7-8,11-12,16H2,(H,25,31)(H,26,27,28). The van der Waals surface area contributed by atoms with E-state index in [4.69, 9.17) is 5.10 Å². The summed E-state index contributed by atoms with van der Waals surface area (Å²) in [7, 11) is 0. The minimum absolute atomic E-state index is 0.126. The van der Waals surface area contributed by atoms with Gasteiger partial charge in [0.05, 0.1) is 17.1 Å². The van der Waals surface area contributed by atoms with E-state index in [1.807, 2.05) is 66.7 Å². The molecule has 2 N–H and O–H groups in total. The van der Waals surface area contributed by atoms with Crippen molar-refractivity contribution in [3.8, 4) is 16.9 Å². The minimum Gasteiger partial charge on any atom is -0.310 e. The van der Waals surface area contributed by atoms with Crippen LogP contribution in [-0.4, -0.2) is 36.6 Å². The van der Waals surface area contributed by atoms with Gasteiger partial charge in [0.25, 0.3) is 0 Å². The average molecular weight is 445 g/mol. The molecular weight excluding hydrogens is 420 g/mol. The molecule has 0 aliphatic heterocycles. The summed E-state index contributed by atoms with van der Waals surface area (Å²) in [5.74, 6) is 2.14. The van der Waals surface area contributed by atoms with Crippen LogP contribution in [0.4, 0.5) is 5.82 Å². The van der Waals surface area contributed by atoms with Crippen LogP contribution in [0.25, 0.3) is 16.9 Å². The van der Waals surface area contributed by atoms with Crippen molar-refractivity contribution in [1.82, 2.24) is 25.0 Å². The van der Waals surface area contributed by atoms with Gasteiger partial charge in [-0.3, -0.25) is 9.89 Å². The Morgan fingerprint density at radius 1 is 1.06 bits per heavy atom. The molecule has 0 saturated heterocycles. The number of para-hydroxylation sites is 1. The van der Waals surface area contributed by atoms with E-state index in [0.29, 0.717) is 16.9 Å². The van der Waals surface area contributed by atoms with Crippen LogP contribution >= 0.6 is 11.8 Å². The maximum absolute atomic E-state index is 12.7. The largest absolute Gasteiger partial charge is 0.310 e. The van der Waals surface area contributed by atoms with Gasteiger partial charge in [-0.15, -0.1) is 5.10 Å². The molecule has 1 aliphatic carbocycles. The van der Waals surface area contributed by atoms with Crippen LogP contribution in [0.5, 0.6) is 0 Å². The van der Waals surface area contributed by atoms with E-state index in [1.165, 1.54) is 24.6 Å². The highest BCUT2D eigenvalue weighted by Gasteiger charge is 2.21. The van der Waals surface area contributed by atoms with Gasteiger partial charge in [-0.25, -0.2) is 9.67 Å². The fourth-order valence-corrected chi connectivity index (χ4v) is 4.61. The third kappa shape index (κ3) is 4.60. The quantitative estimate of drug-likeness (QED) is 0.390. The lowest BCUT2D eigenvalue weighted by Gasteiger charge is -2.08. The number of H-pyrrole nitrogens is 1. The van der Waals surface area contributed by atoms with E-state index in [2.05, 4.69) is 20.5 Å². The number of hydrogen-bond acceptors (Lipinski definition) is 5. The number of anilines is 1. The van der Waals surface area contributed by atoms with Crippen molar-refractivity contribution in [2.45, 2.75) is 36.8 Å². The Balaban J connectivity index is 1.30. The van der Waals surface area contributed by atoms with Crippen LogP contribution in [0.2, 0.25) is 0 Å². The van der Waals surface area contributed by atoms with Gasteiger partial charge in [0.15, 0.2) is 0 Å². The zero-order valence-corrected chi connectivity index (χ0v) is 18.4. The van der Waals surface area contributed by atoms with Gasteiger partial charge in [0, 0.05) is 17.5 Å². The monoisotopic (exact) mass is 444 g/mol. The number of nitrogens with one attached hydrogen (secondary N) is 2.